The first-order valence-corrected chi connectivity index (χ1v) is 4.80. The summed E-state index contributed by atoms with van der Waals surface area (Å²) in [6.07, 6.45) is 1.69. The lowest BCUT2D eigenvalue weighted by Crippen LogP contribution is -1.93. The van der Waals surface area contributed by atoms with Crippen LogP contribution in [0.4, 0.5) is 0 Å². The number of H-pyrrole nitrogens is 1. The Kier molecular flexibility index (Phi) is 2.37. The van der Waals surface area contributed by atoms with Crippen molar-refractivity contribution in [1.29, 1.82) is 0 Å². The average molecular weight is 200 g/mol. The van der Waals surface area contributed by atoms with Crippen molar-refractivity contribution >= 4 is 5.78 Å². The normalized spacial score (nSPS) is 10.3. The van der Waals surface area contributed by atoms with Gasteiger partial charge in [-0.3, -0.25) is 4.79 Å². The summed E-state index contributed by atoms with van der Waals surface area (Å²) in [6, 6.07) is 8.06. The Morgan fingerprint density at radius 1 is 1.40 bits per heavy atom. The van der Waals surface area contributed by atoms with Gasteiger partial charge >= 0.3 is 0 Å². The number of Topliss-reactive ketones (excluding diaryl/α,β-unsaturated/α-hetero) is 1. The first kappa shape index (κ1) is 9.65. The van der Waals surface area contributed by atoms with Gasteiger partial charge in [0.15, 0.2) is 11.6 Å². The zero-order valence-electron chi connectivity index (χ0n) is 8.74. The number of carbonyl (C=O) groups excluding carboxylic acids is 1. The fourth-order valence-corrected chi connectivity index (χ4v) is 1.46. The second-order valence-corrected chi connectivity index (χ2v) is 3.57. The highest BCUT2D eigenvalue weighted by Crippen LogP contribution is 2.18. The maximum Gasteiger partial charge on any atom is 0.194 e. The zero-order chi connectivity index (χ0) is 10.8. The molecule has 1 aromatic heterocycles. The Hall–Kier alpha value is -1.90. The largest absolute Gasteiger partial charge is 0.336 e. The van der Waals surface area contributed by atoms with Gasteiger partial charge in [0.1, 0.15) is 0 Å². The molecule has 0 spiro atoms. The van der Waals surface area contributed by atoms with E-state index in [1.54, 1.807) is 6.20 Å². The number of nitrogens with one attached hydrogen (secondary N) is 1. The van der Waals surface area contributed by atoms with Crippen molar-refractivity contribution in [3.05, 3.63) is 41.9 Å². The van der Waals surface area contributed by atoms with E-state index in [-0.39, 0.29) is 5.78 Å². The van der Waals surface area contributed by atoms with Gasteiger partial charge in [0, 0.05) is 6.92 Å². The molecule has 0 aliphatic carbocycles. The highest BCUT2D eigenvalue weighted by atomic mass is 16.1. The quantitative estimate of drug-likeness (QED) is 0.757. The Morgan fingerprint density at radius 2 is 2.20 bits per heavy atom. The van der Waals surface area contributed by atoms with Crippen LogP contribution >= 0.6 is 0 Å². The lowest BCUT2D eigenvalue weighted by molar-refractivity contribution is 0.100. The molecule has 1 aromatic carbocycles. The van der Waals surface area contributed by atoms with Gasteiger partial charge in [0.25, 0.3) is 0 Å². The summed E-state index contributed by atoms with van der Waals surface area (Å²) in [5, 5.41) is 0. The van der Waals surface area contributed by atoms with Crippen LogP contribution in [0.5, 0.6) is 0 Å². The second kappa shape index (κ2) is 3.69. The molecule has 76 valence electrons. The number of carbonyl (C=O) groups is 1. The van der Waals surface area contributed by atoms with Crippen molar-refractivity contribution in [3.8, 4) is 11.3 Å². The highest BCUT2D eigenvalue weighted by Gasteiger charge is 2.06. The number of hydrogen-bond donors (Lipinski definition) is 1. The molecule has 0 amide bonds. The number of nitrogens with zero attached hydrogens (tertiary/aromatic N) is 1. The molecule has 0 radical (unpaired) electrons. The third kappa shape index (κ3) is 1.96. The van der Waals surface area contributed by atoms with Crippen molar-refractivity contribution in [3.63, 3.8) is 0 Å². The number of imidazole rings is 1. The molecule has 0 saturated carbocycles. The van der Waals surface area contributed by atoms with E-state index in [1.807, 2.05) is 25.1 Å². The van der Waals surface area contributed by atoms with Crippen LogP contribution in [0.2, 0.25) is 0 Å². The van der Waals surface area contributed by atoms with Crippen LogP contribution in [-0.4, -0.2) is 15.8 Å². The Balaban J connectivity index is 2.41. The van der Waals surface area contributed by atoms with E-state index in [2.05, 4.69) is 16.0 Å². The van der Waals surface area contributed by atoms with Crippen molar-refractivity contribution < 1.29 is 4.79 Å². The number of rotatable bonds is 2. The van der Waals surface area contributed by atoms with Crippen LogP contribution in [0.1, 0.15) is 23.1 Å². The van der Waals surface area contributed by atoms with Crippen LogP contribution in [0.25, 0.3) is 11.3 Å². The summed E-state index contributed by atoms with van der Waals surface area (Å²) in [5.41, 5.74) is 3.12. The Bertz CT molecular complexity index is 500. The van der Waals surface area contributed by atoms with Gasteiger partial charge in [-0.15, -0.1) is 0 Å². The van der Waals surface area contributed by atoms with Crippen LogP contribution in [0, 0.1) is 6.92 Å². The van der Waals surface area contributed by atoms with Crippen molar-refractivity contribution in [1.82, 2.24) is 9.97 Å². The molecule has 0 aliphatic heterocycles. The summed E-state index contributed by atoms with van der Waals surface area (Å²) < 4.78 is 0. The SMILES string of the molecule is CC(=O)c1ncc(-c2cccc(C)c2)[nH]1. The summed E-state index contributed by atoms with van der Waals surface area (Å²) in [7, 11) is 0. The standard InChI is InChI=1S/C12H12N2O/c1-8-4-3-5-10(6-8)11-7-13-12(14-11)9(2)15/h3-7H,1-2H3,(H,13,14). The second-order valence-electron chi connectivity index (χ2n) is 3.57. The summed E-state index contributed by atoms with van der Waals surface area (Å²) in [6.45, 7) is 3.53. The summed E-state index contributed by atoms with van der Waals surface area (Å²) >= 11 is 0. The molecule has 1 heterocycles. The van der Waals surface area contributed by atoms with Crippen molar-refractivity contribution in [2.75, 3.05) is 0 Å². The van der Waals surface area contributed by atoms with Gasteiger partial charge < -0.3 is 4.98 Å². The molecule has 0 aliphatic rings. The first-order valence-electron chi connectivity index (χ1n) is 4.80. The number of aromatic nitrogens is 2. The molecule has 0 saturated heterocycles. The lowest BCUT2D eigenvalue weighted by Gasteiger charge is -1.98. The van der Waals surface area contributed by atoms with Gasteiger partial charge in [-0.25, -0.2) is 4.98 Å². The third-order valence-electron chi connectivity index (χ3n) is 2.24. The minimum Gasteiger partial charge on any atom is -0.336 e. The molecule has 0 fully saturated rings. The molecule has 3 nitrogen and oxygen atoms in total. The predicted molar refractivity (Wildman–Crippen MR) is 58.8 cm³/mol. The molecule has 2 rings (SSSR count). The van der Waals surface area contributed by atoms with E-state index < -0.39 is 0 Å². The van der Waals surface area contributed by atoms with Crippen molar-refractivity contribution in [2.24, 2.45) is 0 Å². The van der Waals surface area contributed by atoms with Crippen molar-refractivity contribution in [2.45, 2.75) is 13.8 Å². The molecule has 1 N–H and O–H groups in total. The minimum atomic E-state index is -0.0473. The van der Waals surface area contributed by atoms with Gasteiger partial charge in [-0.05, 0) is 18.6 Å². The van der Waals surface area contributed by atoms with E-state index >= 15 is 0 Å². The van der Waals surface area contributed by atoms with Gasteiger partial charge in [-0.2, -0.15) is 0 Å². The molecule has 0 unspecified atom stereocenters. The first-order chi connectivity index (χ1) is 7.16. The van der Waals surface area contributed by atoms with E-state index in [9.17, 15) is 4.79 Å². The fourth-order valence-electron chi connectivity index (χ4n) is 1.46. The molecule has 3 heteroatoms. The average Bonchev–Trinajstić information content (AvgIpc) is 2.66. The molecule has 15 heavy (non-hydrogen) atoms. The van der Waals surface area contributed by atoms with E-state index in [1.165, 1.54) is 12.5 Å². The summed E-state index contributed by atoms with van der Waals surface area (Å²) in [4.78, 5) is 18.1. The number of ketones is 1. The van der Waals surface area contributed by atoms with Crippen LogP contribution in [0.3, 0.4) is 0 Å². The molecule has 2 aromatic rings. The maximum atomic E-state index is 11.1. The monoisotopic (exact) mass is 200 g/mol. The number of aromatic amines is 1. The molecular weight excluding hydrogens is 188 g/mol. The van der Waals surface area contributed by atoms with E-state index in [0.717, 1.165) is 11.3 Å². The van der Waals surface area contributed by atoms with E-state index in [0.29, 0.717) is 5.82 Å². The van der Waals surface area contributed by atoms with Gasteiger partial charge in [-0.1, -0.05) is 23.8 Å². The van der Waals surface area contributed by atoms with Crippen LogP contribution < -0.4 is 0 Å². The Morgan fingerprint density at radius 3 is 2.80 bits per heavy atom. The summed E-state index contributed by atoms with van der Waals surface area (Å²) in [5.74, 6) is 0.361. The number of benzene rings is 1. The molecular formula is C12H12N2O. The topological polar surface area (TPSA) is 45.8 Å². The van der Waals surface area contributed by atoms with Gasteiger partial charge in [0.05, 0.1) is 11.9 Å². The lowest BCUT2D eigenvalue weighted by atomic mass is 10.1. The van der Waals surface area contributed by atoms with Crippen LogP contribution in [-0.2, 0) is 0 Å². The number of hydrogen-bond acceptors (Lipinski definition) is 2. The van der Waals surface area contributed by atoms with Gasteiger partial charge in [0.2, 0.25) is 0 Å². The molecule has 0 bridgehead atoms. The van der Waals surface area contributed by atoms with Crippen LogP contribution in [0.15, 0.2) is 30.5 Å². The molecule has 0 atom stereocenters. The smallest absolute Gasteiger partial charge is 0.194 e. The third-order valence-corrected chi connectivity index (χ3v) is 2.24. The predicted octanol–water partition coefficient (Wildman–Crippen LogP) is 2.59. The number of aryl methyl sites for hydroxylation is 1. The highest BCUT2D eigenvalue weighted by molar-refractivity contribution is 5.91. The fraction of sp³-hybridized carbons (Fsp3) is 0.167. The minimum absolute atomic E-state index is 0.0473. The van der Waals surface area contributed by atoms with E-state index in [4.69, 9.17) is 0 Å². The maximum absolute atomic E-state index is 11.1. The zero-order valence-corrected chi connectivity index (χ0v) is 8.74. The Labute approximate surface area is 88.2 Å².